The van der Waals surface area contributed by atoms with E-state index in [9.17, 15) is 4.79 Å². The zero-order chi connectivity index (χ0) is 20.1. The first kappa shape index (κ1) is 19.8. The summed E-state index contributed by atoms with van der Waals surface area (Å²) in [6.07, 6.45) is 5.91. The van der Waals surface area contributed by atoms with Crippen molar-refractivity contribution >= 4 is 17.3 Å². The number of nitrogens with one attached hydrogen (secondary N) is 1. The van der Waals surface area contributed by atoms with Crippen LogP contribution in [0, 0.1) is 0 Å². The lowest BCUT2D eigenvalue weighted by atomic mass is 10.1. The zero-order valence-electron chi connectivity index (χ0n) is 17.3. The number of nitrogens with zero attached hydrogens (tertiary/aromatic N) is 2. The SMILES string of the molecule is COc1ccc(CC(=O)Nc2ccc(N3CCN(C4CCCC4)CC3)cc2)cc1. The van der Waals surface area contributed by atoms with Gasteiger partial charge < -0.3 is 15.0 Å². The largest absolute Gasteiger partial charge is 0.497 e. The Balaban J connectivity index is 1.27. The molecule has 29 heavy (non-hydrogen) atoms. The van der Waals surface area contributed by atoms with Crippen LogP contribution < -0.4 is 15.0 Å². The third-order valence-electron chi connectivity index (χ3n) is 6.20. The fraction of sp³-hybridized carbons (Fsp3) is 0.458. The van der Waals surface area contributed by atoms with Gasteiger partial charge in [0.2, 0.25) is 5.91 Å². The van der Waals surface area contributed by atoms with E-state index in [-0.39, 0.29) is 5.91 Å². The molecule has 0 spiro atoms. The van der Waals surface area contributed by atoms with Gasteiger partial charge in [0.05, 0.1) is 13.5 Å². The molecule has 2 aliphatic rings. The Hall–Kier alpha value is -2.53. The Morgan fingerprint density at radius 2 is 1.62 bits per heavy atom. The van der Waals surface area contributed by atoms with Crippen LogP contribution in [-0.4, -0.2) is 50.1 Å². The monoisotopic (exact) mass is 393 g/mol. The van der Waals surface area contributed by atoms with Gasteiger partial charge in [0.15, 0.2) is 0 Å². The number of benzene rings is 2. The van der Waals surface area contributed by atoms with Crippen molar-refractivity contribution in [3.63, 3.8) is 0 Å². The highest BCUT2D eigenvalue weighted by molar-refractivity contribution is 5.92. The van der Waals surface area contributed by atoms with Crippen LogP contribution in [0.2, 0.25) is 0 Å². The van der Waals surface area contributed by atoms with Crippen LogP contribution in [0.1, 0.15) is 31.2 Å². The molecule has 5 heteroatoms. The van der Waals surface area contributed by atoms with Gasteiger partial charge in [-0.1, -0.05) is 25.0 Å². The molecule has 1 amide bonds. The quantitative estimate of drug-likeness (QED) is 0.807. The Kier molecular flexibility index (Phi) is 6.35. The van der Waals surface area contributed by atoms with Crippen LogP contribution in [0.4, 0.5) is 11.4 Å². The molecule has 1 saturated carbocycles. The van der Waals surface area contributed by atoms with Gasteiger partial charge in [-0.25, -0.2) is 0 Å². The van der Waals surface area contributed by atoms with Gasteiger partial charge in [-0.15, -0.1) is 0 Å². The summed E-state index contributed by atoms with van der Waals surface area (Å²) in [5.41, 5.74) is 3.06. The fourth-order valence-electron chi connectivity index (χ4n) is 4.50. The van der Waals surface area contributed by atoms with E-state index in [2.05, 4.69) is 27.2 Å². The minimum Gasteiger partial charge on any atom is -0.497 e. The molecule has 0 atom stereocenters. The van der Waals surface area contributed by atoms with Crippen LogP contribution in [0.5, 0.6) is 5.75 Å². The minimum absolute atomic E-state index is 0.00639. The molecule has 0 unspecified atom stereocenters. The fourth-order valence-corrected chi connectivity index (χ4v) is 4.50. The molecule has 0 bridgehead atoms. The Morgan fingerprint density at radius 1 is 0.966 bits per heavy atom. The molecule has 2 aromatic rings. The molecule has 2 aromatic carbocycles. The van der Waals surface area contributed by atoms with Crippen molar-refractivity contribution < 1.29 is 9.53 Å². The lowest BCUT2D eigenvalue weighted by Crippen LogP contribution is -2.49. The molecular formula is C24H31N3O2. The molecule has 1 N–H and O–H groups in total. The Morgan fingerprint density at radius 3 is 2.24 bits per heavy atom. The normalized spacial score (nSPS) is 18.0. The number of methoxy groups -OCH3 is 1. The molecule has 5 nitrogen and oxygen atoms in total. The highest BCUT2D eigenvalue weighted by Crippen LogP contribution is 2.26. The maximum absolute atomic E-state index is 12.3. The van der Waals surface area contributed by atoms with E-state index in [4.69, 9.17) is 4.74 Å². The third kappa shape index (κ3) is 5.10. The molecule has 1 heterocycles. The lowest BCUT2D eigenvalue weighted by Gasteiger charge is -2.39. The van der Waals surface area contributed by atoms with Crippen LogP contribution in [0.25, 0.3) is 0 Å². The first-order chi connectivity index (χ1) is 14.2. The average Bonchev–Trinajstić information content (AvgIpc) is 3.30. The van der Waals surface area contributed by atoms with Crippen molar-refractivity contribution in [2.45, 2.75) is 38.1 Å². The van der Waals surface area contributed by atoms with Crippen LogP contribution in [0.3, 0.4) is 0 Å². The third-order valence-corrected chi connectivity index (χ3v) is 6.20. The lowest BCUT2D eigenvalue weighted by molar-refractivity contribution is -0.115. The first-order valence-corrected chi connectivity index (χ1v) is 10.7. The summed E-state index contributed by atoms with van der Waals surface area (Å²) >= 11 is 0. The molecule has 2 fully saturated rings. The standard InChI is InChI=1S/C24H31N3O2/c1-29-23-12-6-19(7-13-23)18-24(28)25-20-8-10-22(11-9-20)27-16-14-26(15-17-27)21-4-2-3-5-21/h6-13,21H,2-5,14-18H2,1H3,(H,25,28). The summed E-state index contributed by atoms with van der Waals surface area (Å²) in [6, 6.07) is 16.7. The van der Waals surface area contributed by atoms with Crippen molar-refractivity contribution in [2.24, 2.45) is 0 Å². The highest BCUT2D eigenvalue weighted by Gasteiger charge is 2.26. The van der Waals surface area contributed by atoms with Gasteiger partial charge in [0.1, 0.15) is 5.75 Å². The highest BCUT2D eigenvalue weighted by atomic mass is 16.5. The van der Waals surface area contributed by atoms with Gasteiger partial charge in [-0.2, -0.15) is 0 Å². The van der Waals surface area contributed by atoms with E-state index in [0.717, 1.165) is 49.2 Å². The van der Waals surface area contributed by atoms with Gasteiger partial charge in [0, 0.05) is 43.6 Å². The van der Waals surface area contributed by atoms with E-state index in [0.29, 0.717) is 6.42 Å². The van der Waals surface area contributed by atoms with Crippen LogP contribution >= 0.6 is 0 Å². The number of hydrogen-bond donors (Lipinski definition) is 1. The number of piperazine rings is 1. The second-order valence-corrected chi connectivity index (χ2v) is 8.08. The summed E-state index contributed by atoms with van der Waals surface area (Å²) < 4.78 is 5.16. The number of carbonyl (C=O) groups excluding carboxylic acids is 1. The van der Waals surface area contributed by atoms with E-state index >= 15 is 0 Å². The number of amides is 1. The summed E-state index contributed by atoms with van der Waals surface area (Å²) in [6.45, 7) is 4.48. The minimum atomic E-state index is -0.00639. The summed E-state index contributed by atoms with van der Waals surface area (Å²) in [4.78, 5) is 17.5. The summed E-state index contributed by atoms with van der Waals surface area (Å²) in [7, 11) is 1.64. The van der Waals surface area contributed by atoms with Gasteiger partial charge >= 0.3 is 0 Å². The van der Waals surface area contributed by atoms with Crippen molar-refractivity contribution in [3.05, 3.63) is 54.1 Å². The number of ether oxygens (including phenoxy) is 1. The second kappa shape index (κ2) is 9.31. The number of rotatable bonds is 6. The molecule has 0 aromatic heterocycles. The van der Waals surface area contributed by atoms with E-state index in [1.54, 1.807) is 7.11 Å². The van der Waals surface area contributed by atoms with Crippen molar-refractivity contribution in [2.75, 3.05) is 43.5 Å². The second-order valence-electron chi connectivity index (χ2n) is 8.08. The zero-order valence-corrected chi connectivity index (χ0v) is 17.3. The van der Waals surface area contributed by atoms with Gasteiger partial charge in [-0.3, -0.25) is 9.69 Å². The predicted molar refractivity (Wildman–Crippen MR) is 118 cm³/mol. The van der Waals surface area contributed by atoms with Crippen molar-refractivity contribution in [1.29, 1.82) is 0 Å². The van der Waals surface area contributed by atoms with Gasteiger partial charge in [0.25, 0.3) is 0 Å². The van der Waals surface area contributed by atoms with E-state index < -0.39 is 0 Å². The van der Waals surface area contributed by atoms with E-state index in [1.165, 1.54) is 31.4 Å². The Bertz CT molecular complexity index is 790. The number of carbonyl (C=O) groups is 1. The molecule has 0 radical (unpaired) electrons. The van der Waals surface area contributed by atoms with E-state index in [1.807, 2.05) is 36.4 Å². The number of hydrogen-bond acceptors (Lipinski definition) is 4. The maximum Gasteiger partial charge on any atom is 0.228 e. The molecule has 1 saturated heterocycles. The summed E-state index contributed by atoms with van der Waals surface area (Å²) in [5.74, 6) is 0.793. The molecule has 4 rings (SSSR count). The smallest absolute Gasteiger partial charge is 0.228 e. The van der Waals surface area contributed by atoms with Crippen molar-refractivity contribution in [3.8, 4) is 5.75 Å². The number of anilines is 2. The average molecular weight is 394 g/mol. The van der Waals surface area contributed by atoms with Gasteiger partial charge in [-0.05, 0) is 54.8 Å². The predicted octanol–water partition coefficient (Wildman–Crippen LogP) is 3.94. The molecular weight excluding hydrogens is 362 g/mol. The summed E-state index contributed by atoms with van der Waals surface area (Å²) in [5, 5.41) is 3.00. The Labute approximate surface area is 173 Å². The van der Waals surface area contributed by atoms with Crippen LogP contribution in [0.15, 0.2) is 48.5 Å². The van der Waals surface area contributed by atoms with Crippen LogP contribution in [-0.2, 0) is 11.2 Å². The maximum atomic E-state index is 12.3. The molecule has 1 aliphatic carbocycles. The first-order valence-electron chi connectivity index (χ1n) is 10.7. The van der Waals surface area contributed by atoms with Crippen molar-refractivity contribution in [1.82, 2.24) is 4.90 Å². The molecule has 1 aliphatic heterocycles. The topological polar surface area (TPSA) is 44.8 Å². The molecule has 154 valence electrons.